The Morgan fingerprint density at radius 2 is 2.00 bits per heavy atom. The van der Waals surface area contributed by atoms with Crippen LogP contribution in [0, 0.1) is 5.41 Å². The first-order valence-electron chi connectivity index (χ1n) is 3.92. The number of nitrogens with two attached hydrogens (primary N) is 1. The van der Waals surface area contributed by atoms with E-state index in [1.54, 1.807) is 0 Å². The van der Waals surface area contributed by atoms with Crippen molar-refractivity contribution in [2.75, 3.05) is 6.61 Å². The molecule has 60 valence electrons. The summed E-state index contributed by atoms with van der Waals surface area (Å²) in [7, 11) is 0. The average Bonchev–Trinajstić information content (AvgIpc) is 2.10. The van der Waals surface area contributed by atoms with Gasteiger partial charge < -0.3 is 10.8 Å². The second kappa shape index (κ2) is 2.21. The first-order chi connectivity index (χ1) is 4.52. The van der Waals surface area contributed by atoms with Crippen LogP contribution in [-0.2, 0) is 0 Å². The molecule has 0 spiro atoms. The molecule has 1 unspecified atom stereocenters. The van der Waals surface area contributed by atoms with E-state index < -0.39 is 0 Å². The third kappa shape index (κ3) is 0.956. The monoisotopic (exact) mass is 143 g/mol. The van der Waals surface area contributed by atoms with Crippen LogP contribution in [0.2, 0.25) is 0 Å². The van der Waals surface area contributed by atoms with Gasteiger partial charge in [-0.2, -0.15) is 0 Å². The molecule has 1 aliphatic rings. The summed E-state index contributed by atoms with van der Waals surface area (Å²) in [6.07, 6.45) is 3.27. The topological polar surface area (TPSA) is 46.2 Å². The van der Waals surface area contributed by atoms with Gasteiger partial charge in [-0.3, -0.25) is 0 Å². The molecule has 0 aromatic carbocycles. The summed E-state index contributed by atoms with van der Waals surface area (Å²) in [5.74, 6) is 0. The lowest BCUT2D eigenvalue weighted by molar-refractivity contribution is 0.111. The highest BCUT2D eigenvalue weighted by Gasteiger charge is 2.45. The zero-order valence-corrected chi connectivity index (χ0v) is 6.85. The molecule has 2 heteroatoms. The number of rotatable bonds is 1. The SMILES string of the molecule is CC1(C)CCCC1(N)CO. The summed E-state index contributed by atoms with van der Waals surface area (Å²) in [5, 5.41) is 9.04. The van der Waals surface area contributed by atoms with Gasteiger partial charge in [0.05, 0.1) is 6.61 Å². The van der Waals surface area contributed by atoms with Gasteiger partial charge in [-0.15, -0.1) is 0 Å². The summed E-state index contributed by atoms with van der Waals surface area (Å²) in [6, 6.07) is 0. The third-order valence-electron chi connectivity index (χ3n) is 3.05. The van der Waals surface area contributed by atoms with E-state index in [4.69, 9.17) is 10.8 Å². The fourth-order valence-electron chi connectivity index (χ4n) is 1.73. The van der Waals surface area contributed by atoms with E-state index in [-0.39, 0.29) is 17.6 Å². The molecule has 10 heavy (non-hydrogen) atoms. The van der Waals surface area contributed by atoms with Crippen LogP contribution in [0.25, 0.3) is 0 Å². The molecule has 0 saturated heterocycles. The van der Waals surface area contributed by atoms with Crippen molar-refractivity contribution in [3.8, 4) is 0 Å². The van der Waals surface area contributed by atoms with Crippen LogP contribution in [0.1, 0.15) is 33.1 Å². The van der Waals surface area contributed by atoms with Crippen LogP contribution < -0.4 is 5.73 Å². The van der Waals surface area contributed by atoms with Crippen molar-refractivity contribution in [3.63, 3.8) is 0 Å². The Morgan fingerprint density at radius 3 is 2.20 bits per heavy atom. The Kier molecular flexibility index (Phi) is 1.77. The summed E-state index contributed by atoms with van der Waals surface area (Å²) in [6.45, 7) is 4.40. The summed E-state index contributed by atoms with van der Waals surface area (Å²) >= 11 is 0. The van der Waals surface area contributed by atoms with Crippen LogP contribution in [-0.4, -0.2) is 17.3 Å². The first-order valence-corrected chi connectivity index (χ1v) is 3.92. The van der Waals surface area contributed by atoms with Gasteiger partial charge >= 0.3 is 0 Å². The maximum Gasteiger partial charge on any atom is 0.0616 e. The van der Waals surface area contributed by atoms with Crippen molar-refractivity contribution in [3.05, 3.63) is 0 Å². The van der Waals surface area contributed by atoms with Crippen molar-refractivity contribution in [1.82, 2.24) is 0 Å². The number of hydrogen-bond acceptors (Lipinski definition) is 2. The van der Waals surface area contributed by atoms with Crippen molar-refractivity contribution in [1.29, 1.82) is 0 Å². The minimum Gasteiger partial charge on any atom is -0.394 e. The molecule has 2 nitrogen and oxygen atoms in total. The zero-order chi connectivity index (χ0) is 7.83. The fraction of sp³-hybridized carbons (Fsp3) is 1.00. The van der Waals surface area contributed by atoms with Crippen molar-refractivity contribution < 1.29 is 5.11 Å². The van der Waals surface area contributed by atoms with Crippen LogP contribution >= 0.6 is 0 Å². The van der Waals surface area contributed by atoms with E-state index in [2.05, 4.69) is 13.8 Å². The standard InChI is InChI=1S/C8H17NO/c1-7(2)4-3-5-8(7,9)6-10/h10H,3-6,9H2,1-2H3. The molecule has 0 aromatic heterocycles. The van der Waals surface area contributed by atoms with Gasteiger partial charge in [-0.1, -0.05) is 20.3 Å². The smallest absolute Gasteiger partial charge is 0.0616 e. The van der Waals surface area contributed by atoms with Gasteiger partial charge in [0, 0.05) is 5.54 Å². The number of aliphatic hydroxyl groups is 1. The van der Waals surface area contributed by atoms with Gasteiger partial charge in [0.2, 0.25) is 0 Å². The lowest BCUT2D eigenvalue weighted by Crippen LogP contribution is -2.51. The molecular formula is C8H17NO. The third-order valence-corrected chi connectivity index (χ3v) is 3.05. The summed E-state index contributed by atoms with van der Waals surface area (Å²) < 4.78 is 0. The predicted molar refractivity (Wildman–Crippen MR) is 41.6 cm³/mol. The van der Waals surface area contributed by atoms with Crippen LogP contribution in [0.3, 0.4) is 0 Å². The summed E-state index contributed by atoms with van der Waals surface area (Å²) in [5.41, 5.74) is 5.80. The molecule has 0 bridgehead atoms. The highest BCUT2D eigenvalue weighted by molar-refractivity contribution is 5.01. The van der Waals surface area contributed by atoms with E-state index >= 15 is 0 Å². The number of aliphatic hydroxyl groups excluding tert-OH is 1. The Balaban J connectivity index is 2.76. The average molecular weight is 143 g/mol. The van der Waals surface area contributed by atoms with E-state index in [1.165, 1.54) is 0 Å². The van der Waals surface area contributed by atoms with Crippen LogP contribution in [0.15, 0.2) is 0 Å². The van der Waals surface area contributed by atoms with Crippen molar-refractivity contribution in [2.24, 2.45) is 11.1 Å². The molecule has 1 rings (SSSR count). The van der Waals surface area contributed by atoms with Gasteiger partial charge in [0.1, 0.15) is 0 Å². The highest BCUT2D eigenvalue weighted by atomic mass is 16.3. The molecular weight excluding hydrogens is 126 g/mol. The Bertz CT molecular complexity index is 133. The Morgan fingerprint density at radius 1 is 1.40 bits per heavy atom. The molecule has 0 aromatic rings. The minimum atomic E-state index is -0.312. The van der Waals surface area contributed by atoms with E-state index in [9.17, 15) is 0 Å². The second-order valence-corrected chi connectivity index (χ2v) is 4.05. The van der Waals surface area contributed by atoms with E-state index in [1.807, 2.05) is 0 Å². The van der Waals surface area contributed by atoms with Crippen molar-refractivity contribution >= 4 is 0 Å². The van der Waals surface area contributed by atoms with Gasteiger partial charge in [0.25, 0.3) is 0 Å². The molecule has 1 atom stereocenters. The quantitative estimate of drug-likeness (QED) is 0.572. The fourth-order valence-corrected chi connectivity index (χ4v) is 1.73. The molecule has 3 N–H and O–H groups in total. The number of hydrogen-bond donors (Lipinski definition) is 2. The van der Waals surface area contributed by atoms with Gasteiger partial charge in [-0.25, -0.2) is 0 Å². The normalized spacial score (nSPS) is 38.4. The Hall–Kier alpha value is -0.0800. The molecule has 0 heterocycles. The van der Waals surface area contributed by atoms with E-state index in [0.717, 1.165) is 19.3 Å². The van der Waals surface area contributed by atoms with Gasteiger partial charge in [0.15, 0.2) is 0 Å². The zero-order valence-electron chi connectivity index (χ0n) is 6.85. The second-order valence-electron chi connectivity index (χ2n) is 4.05. The first kappa shape index (κ1) is 8.02. The lowest BCUT2D eigenvalue weighted by atomic mass is 9.76. The van der Waals surface area contributed by atoms with E-state index in [0.29, 0.717) is 0 Å². The predicted octanol–water partition coefficient (Wildman–Crippen LogP) is 0.886. The highest BCUT2D eigenvalue weighted by Crippen LogP contribution is 2.43. The van der Waals surface area contributed by atoms with Crippen LogP contribution in [0.4, 0.5) is 0 Å². The molecule has 0 aliphatic heterocycles. The van der Waals surface area contributed by atoms with Gasteiger partial charge in [-0.05, 0) is 18.3 Å². The maximum absolute atomic E-state index is 9.04. The molecule has 1 fully saturated rings. The van der Waals surface area contributed by atoms with Crippen LogP contribution in [0.5, 0.6) is 0 Å². The molecule has 1 saturated carbocycles. The maximum atomic E-state index is 9.04. The molecule has 1 aliphatic carbocycles. The summed E-state index contributed by atoms with van der Waals surface area (Å²) in [4.78, 5) is 0. The van der Waals surface area contributed by atoms with Crippen molar-refractivity contribution in [2.45, 2.75) is 38.6 Å². The largest absolute Gasteiger partial charge is 0.394 e. The minimum absolute atomic E-state index is 0.125. The lowest BCUT2D eigenvalue weighted by Gasteiger charge is -2.36. The Labute approximate surface area is 62.4 Å². The molecule has 0 amide bonds. The molecule has 0 radical (unpaired) electrons.